The minimum absolute atomic E-state index is 0.0511. The van der Waals surface area contributed by atoms with E-state index in [1.165, 1.54) is 7.11 Å². The van der Waals surface area contributed by atoms with Crippen LogP contribution < -0.4 is 0 Å². The van der Waals surface area contributed by atoms with Crippen LogP contribution in [0.5, 0.6) is 0 Å². The number of carbonyl (C=O) groups excluding carboxylic acids is 1. The maximum absolute atomic E-state index is 11.1. The van der Waals surface area contributed by atoms with Gasteiger partial charge in [-0.25, -0.2) is 0 Å². The van der Waals surface area contributed by atoms with Gasteiger partial charge in [-0.15, -0.1) is 0 Å². The summed E-state index contributed by atoms with van der Waals surface area (Å²) < 4.78 is 21.7. The maximum atomic E-state index is 11.1. The van der Waals surface area contributed by atoms with Crippen LogP contribution in [0.4, 0.5) is 0 Å². The Morgan fingerprint density at radius 1 is 1.39 bits per heavy atom. The first-order valence-corrected chi connectivity index (χ1v) is 6.92. The second-order valence-corrected chi connectivity index (χ2v) is 5.84. The number of rotatable bonds is 7. The van der Waals surface area contributed by atoms with Crippen LogP contribution in [0.25, 0.3) is 0 Å². The molecule has 1 aliphatic heterocycles. The fourth-order valence-corrected chi connectivity index (χ4v) is 2.35. The van der Waals surface area contributed by atoms with E-state index in [1.807, 2.05) is 20.8 Å². The van der Waals surface area contributed by atoms with Crippen LogP contribution in [-0.4, -0.2) is 49.1 Å². The predicted molar refractivity (Wildman–Crippen MR) is 69.6 cm³/mol. The Balaban J connectivity index is 2.77. The molecule has 0 aromatic carbocycles. The van der Waals surface area contributed by atoms with E-state index in [9.17, 15) is 4.79 Å². The Bertz CT molecular complexity index is 271. The summed E-state index contributed by atoms with van der Waals surface area (Å²) in [5.74, 6) is -0.714. The van der Waals surface area contributed by atoms with Gasteiger partial charge in [-0.05, 0) is 20.3 Å². The topological polar surface area (TPSA) is 54.0 Å². The van der Waals surface area contributed by atoms with Gasteiger partial charge in [0.05, 0.1) is 0 Å². The molecular formula is C12H21BrO5. The van der Waals surface area contributed by atoms with Gasteiger partial charge in [-0.2, -0.15) is 0 Å². The number of carbonyl (C=O) groups is 1. The van der Waals surface area contributed by atoms with Gasteiger partial charge in [0.1, 0.15) is 25.1 Å². The Hall–Kier alpha value is -0.0100. The van der Waals surface area contributed by atoms with Crippen LogP contribution in [0.3, 0.4) is 0 Å². The lowest BCUT2D eigenvalue weighted by atomic mass is 10.0. The molecule has 5 nitrogen and oxygen atoms in total. The second-order valence-electron chi connectivity index (χ2n) is 4.66. The van der Waals surface area contributed by atoms with E-state index < -0.39 is 18.0 Å². The van der Waals surface area contributed by atoms with E-state index in [2.05, 4.69) is 15.9 Å². The summed E-state index contributed by atoms with van der Waals surface area (Å²) in [6, 6.07) is 0. The average Bonchev–Trinajstić information content (AvgIpc) is 2.65. The molecule has 6 heteroatoms. The molecule has 4 unspecified atom stereocenters. The first-order chi connectivity index (χ1) is 8.45. The van der Waals surface area contributed by atoms with Crippen LogP contribution in [-0.2, 0) is 23.7 Å². The summed E-state index contributed by atoms with van der Waals surface area (Å²) in [6.45, 7) is 5.74. The number of aldehydes is 1. The van der Waals surface area contributed by atoms with Crippen molar-refractivity contribution in [3.63, 3.8) is 0 Å². The third kappa shape index (κ3) is 3.99. The zero-order chi connectivity index (χ0) is 13.8. The normalized spacial score (nSPS) is 30.1. The summed E-state index contributed by atoms with van der Waals surface area (Å²) in [7, 11) is 1.51. The van der Waals surface area contributed by atoms with Crippen LogP contribution >= 0.6 is 15.9 Å². The third-order valence-corrected chi connectivity index (χ3v) is 3.91. The lowest BCUT2D eigenvalue weighted by Gasteiger charge is -2.24. The monoisotopic (exact) mass is 324 g/mol. The molecule has 0 aliphatic carbocycles. The average molecular weight is 325 g/mol. The van der Waals surface area contributed by atoms with Gasteiger partial charge < -0.3 is 23.7 Å². The minimum atomic E-state index is -0.714. The number of ether oxygens (including phenoxy) is 4. The summed E-state index contributed by atoms with van der Waals surface area (Å²) in [5, 5.41) is 0. The van der Waals surface area contributed by atoms with Crippen LogP contribution in [0, 0.1) is 0 Å². The highest BCUT2D eigenvalue weighted by atomic mass is 79.9. The summed E-state index contributed by atoms with van der Waals surface area (Å²) in [5.41, 5.74) is 0. The lowest BCUT2D eigenvalue weighted by molar-refractivity contribution is -0.170. The van der Waals surface area contributed by atoms with Gasteiger partial charge >= 0.3 is 0 Å². The lowest BCUT2D eigenvalue weighted by Crippen LogP contribution is -2.42. The first-order valence-electron chi connectivity index (χ1n) is 6.00. The Kier molecular flexibility index (Phi) is 6.20. The van der Waals surface area contributed by atoms with E-state index in [-0.39, 0.29) is 17.7 Å². The van der Waals surface area contributed by atoms with Crippen molar-refractivity contribution in [1.29, 1.82) is 0 Å². The molecule has 0 N–H and O–H groups in total. The molecule has 1 rings (SSSR count). The molecule has 18 heavy (non-hydrogen) atoms. The molecule has 4 atom stereocenters. The van der Waals surface area contributed by atoms with E-state index in [4.69, 9.17) is 18.9 Å². The standard InChI is InChI=1S/C12H21BrO5/c1-5-8(13)10-11(18-12(2,3)17-10)9(6-14)16-7-15-4/h6,8-11H,5,7H2,1-4H3. The zero-order valence-electron chi connectivity index (χ0n) is 11.2. The molecule has 0 aromatic rings. The van der Waals surface area contributed by atoms with Crippen LogP contribution in [0.1, 0.15) is 27.2 Å². The molecule has 1 aliphatic rings. The van der Waals surface area contributed by atoms with Gasteiger partial charge in [-0.1, -0.05) is 22.9 Å². The van der Waals surface area contributed by atoms with E-state index >= 15 is 0 Å². The molecular weight excluding hydrogens is 304 g/mol. The Morgan fingerprint density at radius 2 is 2.00 bits per heavy atom. The van der Waals surface area contributed by atoms with Gasteiger partial charge in [0.25, 0.3) is 0 Å². The number of halogens is 1. The smallest absolute Gasteiger partial charge is 0.163 e. The molecule has 106 valence electrons. The molecule has 1 heterocycles. The highest BCUT2D eigenvalue weighted by molar-refractivity contribution is 9.09. The first kappa shape index (κ1) is 16.0. The highest BCUT2D eigenvalue weighted by Crippen LogP contribution is 2.35. The van der Waals surface area contributed by atoms with E-state index in [0.717, 1.165) is 12.7 Å². The van der Waals surface area contributed by atoms with Crippen molar-refractivity contribution >= 4 is 22.2 Å². The quantitative estimate of drug-likeness (QED) is 0.406. The van der Waals surface area contributed by atoms with Crippen molar-refractivity contribution < 1.29 is 23.7 Å². The van der Waals surface area contributed by atoms with Gasteiger partial charge in [0.2, 0.25) is 0 Å². The predicted octanol–water partition coefficient (Wildman–Crippen LogP) is 1.87. The molecule has 0 spiro atoms. The fraction of sp³-hybridized carbons (Fsp3) is 0.917. The summed E-state index contributed by atoms with van der Waals surface area (Å²) in [4.78, 5) is 11.2. The van der Waals surface area contributed by atoms with Gasteiger partial charge in [0, 0.05) is 11.9 Å². The highest BCUT2D eigenvalue weighted by Gasteiger charge is 2.48. The molecule has 0 amide bonds. The van der Waals surface area contributed by atoms with E-state index in [0.29, 0.717) is 0 Å². The van der Waals surface area contributed by atoms with Gasteiger partial charge in [0.15, 0.2) is 12.1 Å². The molecule has 0 aromatic heterocycles. The molecule has 1 fully saturated rings. The van der Waals surface area contributed by atoms with Gasteiger partial charge in [-0.3, -0.25) is 0 Å². The second kappa shape index (κ2) is 6.96. The number of hydrogen-bond acceptors (Lipinski definition) is 5. The number of hydrogen-bond donors (Lipinski definition) is 0. The largest absolute Gasteiger partial charge is 0.359 e. The summed E-state index contributed by atoms with van der Waals surface area (Å²) in [6.07, 6.45) is 0.255. The molecule has 0 saturated carbocycles. The van der Waals surface area contributed by atoms with E-state index in [1.54, 1.807) is 0 Å². The van der Waals surface area contributed by atoms with Crippen molar-refractivity contribution in [2.75, 3.05) is 13.9 Å². The molecule has 0 bridgehead atoms. The Morgan fingerprint density at radius 3 is 2.50 bits per heavy atom. The third-order valence-electron chi connectivity index (χ3n) is 2.75. The van der Waals surface area contributed by atoms with Crippen molar-refractivity contribution in [3.05, 3.63) is 0 Å². The summed E-state index contributed by atoms with van der Waals surface area (Å²) >= 11 is 3.55. The Labute approximate surface area is 116 Å². The van der Waals surface area contributed by atoms with Crippen molar-refractivity contribution in [2.45, 2.75) is 56.1 Å². The fourth-order valence-electron chi connectivity index (χ4n) is 1.94. The van der Waals surface area contributed by atoms with Crippen LogP contribution in [0.15, 0.2) is 0 Å². The SMILES string of the molecule is CCC(Br)C1OC(C)(C)OC1C(C=O)OCOC. The van der Waals surface area contributed by atoms with Crippen molar-refractivity contribution in [1.82, 2.24) is 0 Å². The minimum Gasteiger partial charge on any atom is -0.359 e. The van der Waals surface area contributed by atoms with Crippen molar-refractivity contribution in [2.24, 2.45) is 0 Å². The molecule has 0 radical (unpaired) electrons. The number of alkyl halides is 1. The zero-order valence-corrected chi connectivity index (χ0v) is 12.8. The molecule has 1 saturated heterocycles. The maximum Gasteiger partial charge on any atom is 0.163 e. The van der Waals surface area contributed by atoms with Crippen molar-refractivity contribution in [3.8, 4) is 0 Å². The number of methoxy groups -OCH3 is 1. The van der Waals surface area contributed by atoms with Crippen LogP contribution in [0.2, 0.25) is 0 Å².